The maximum absolute atomic E-state index is 12.6. The van der Waals surface area contributed by atoms with E-state index in [2.05, 4.69) is 27.1 Å². The molecule has 0 aliphatic carbocycles. The number of hydrogen-bond acceptors (Lipinski definition) is 7. The first-order chi connectivity index (χ1) is 16.1. The standard InChI is InChI=1S/C26H37N5O3/c1-8-9-10-20(15-23(32)34-26(3,4)5)30-24-21(17(2)29-25(27)31-24)14-19-13-18(16-28-6)11-12-22(19)33-7/h11-13,20H,8-10,14-16H2,1-5,7H3,(H3,27,29,30,31)/t20-/m0/s1. The number of nitrogens with zero attached hydrogens (tertiary/aromatic N) is 3. The summed E-state index contributed by atoms with van der Waals surface area (Å²) in [5, 5.41) is 3.46. The average molecular weight is 468 g/mol. The van der Waals surface area contributed by atoms with Gasteiger partial charge in [-0.2, -0.15) is 4.98 Å². The van der Waals surface area contributed by atoms with Crippen LogP contribution in [0.2, 0.25) is 0 Å². The minimum atomic E-state index is -0.541. The van der Waals surface area contributed by atoms with Crippen LogP contribution < -0.4 is 15.8 Å². The number of carbonyl (C=O) groups is 1. The number of aromatic nitrogens is 2. The van der Waals surface area contributed by atoms with Gasteiger partial charge in [0.2, 0.25) is 12.5 Å². The molecule has 1 aromatic heterocycles. The number of benzene rings is 1. The highest BCUT2D eigenvalue weighted by Gasteiger charge is 2.23. The molecule has 0 saturated carbocycles. The van der Waals surface area contributed by atoms with E-state index < -0.39 is 5.60 Å². The van der Waals surface area contributed by atoms with Crippen molar-refractivity contribution in [1.82, 2.24) is 9.97 Å². The number of nitrogens with two attached hydrogens (primary N) is 1. The third-order valence-corrected chi connectivity index (χ3v) is 5.28. The van der Waals surface area contributed by atoms with Crippen molar-refractivity contribution in [2.24, 2.45) is 0 Å². The highest BCUT2D eigenvalue weighted by atomic mass is 16.6. The first-order valence-electron chi connectivity index (χ1n) is 11.7. The Morgan fingerprint density at radius 1 is 1.29 bits per heavy atom. The molecule has 184 valence electrons. The smallest absolute Gasteiger partial charge is 0.308 e. The third-order valence-electron chi connectivity index (χ3n) is 5.28. The van der Waals surface area contributed by atoms with Crippen LogP contribution in [0.4, 0.5) is 11.8 Å². The number of methoxy groups -OCH3 is 1. The molecule has 1 atom stereocenters. The molecule has 0 amide bonds. The van der Waals surface area contributed by atoms with Gasteiger partial charge in [-0.15, -0.1) is 0 Å². The number of nitrogen functional groups attached to an aromatic ring is 1. The lowest BCUT2D eigenvalue weighted by molar-refractivity contribution is -0.155. The molecule has 8 heteroatoms. The second kappa shape index (κ2) is 12.2. The number of aryl methyl sites for hydroxylation is 1. The molecule has 3 N–H and O–H groups in total. The molecule has 1 heterocycles. The molecule has 34 heavy (non-hydrogen) atoms. The predicted molar refractivity (Wildman–Crippen MR) is 135 cm³/mol. The Kier molecular flexibility index (Phi) is 9.67. The summed E-state index contributed by atoms with van der Waals surface area (Å²) >= 11 is 0. The Morgan fingerprint density at radius 2 is 2.03 bits per heavy atom. The molecule has 0 radical (unpaired) electrons. The minimum Gasteiger partial charge on any atom is -0.496 e. The second-order valence-corrected chi connectivity index (χ2v) is 9.41. The van der Waals surface area contributed by atoms with E-state index in [-0.39, 0.29) is 24.4 Å². The van der Waals surface area contributed by atoms with Crippen molar-refractivity contribution in [2.45, 2.75) is 84.9 Å². The lowest BCUT2D eigenvalue weighted by Gasteiger charge is -2.24. The molecule has 0 saturated heterocycles. The minimum absolute atomic E-state index is 0.155. The largest absolute Gasteiger partial charge is 0.496 e. The monoisotopic (exact) mass is 467 g/mol. The Balaban J connectivity index is 2.39. The maximum Gasteiger partial charge on any atom is 0.308 e. The molecule has 2 aromatic rings. The Hall–Kier alpha value is -3.34. The van der Waals surface area contributed by atoms with Crippen LogP contribution >= 0.6 is 0 Å². The molecule has 0 unspecified atom stereocenters. The van der Waals surface area contributed by atoms with Gasteiger partial charge in [0.25, 0.3) is 0 Å². The molecule has 0 fully saturated rings. The summed E-state index contributed by atoms with van der Waals surface area (Å²) in [6.45, 7) is 17.1. The van der Waals surface area contributed by atoms with E-state index >= 15 is 0 Å². The summed E-state index contributed by atoms with van der Waals surface area (Å²) in [6.07, 6.45) is 3.49. The quantitative estimate of drug-likeness (QED) is 0.350. The fourth-order valence-corrected chi connectivity index (χ4v) is 3.75. The molecule has 2 rings (SSSR count). The number of esters is 1. The SMILES string of the molecule is [C-]#[N+]Cc1ccc(OC)c(Cc2c(C)nc(N)nc2N[C@@H](CCCC)CC(=O)OC(C)(C)C)c1. The number of unbranched alkanes of at least 4 members (excludes halogenated alkanes) is 1. The van der Waals surface area contributed by atoms with E-state index in [0.717, 1.165) is 47.4 Å². The van der Waals surface area contributed by atoms with Crippen LogP contribution in [-0.4, -0.2) is 34.7 Å². The molecule has 8 nitrogen and oxygen atoms in total. The van der Waals surface area contributed by atoms with Crippen LogP contribution in [0.15, 0.2) is 18.2 Å². The van der Waals surface area contributed by atoms with Crippen molar-refractivity contribution in [3.63, 3.8) is 0 Å². The topological polar surface area (TPSA) is 104 Å². The predicted octanol–water partition coefficient (Wildman–Crippen LogP) is 5.09. The maximum atomic E-state index is 12.6. The number of nitrogens with one attached hydrogen (secondary N) is 1. The highest BCUT2D eigenvalue weighted by Crippen LogP contribution is 2.29. The van der Waals surface area contributed by atoms with Crippen LogP contribution in [-0.2, 0) is 22.5 Å². The normalized spacial score (nSPS) is 12.0. The van der Waals surface area contributed by atoms with Crippen molar-refractivity contribution in [2.75, 3.05) is 18.2 Å². The van der Waals surface area contributed by atoms with E-state index in [1.54, 1.807) is 7.11 Å². The first-order valence-corrected chi connectivity index (χ1v) is 11.7. The van der Waals surface area contributed by atoms with Crippen LogP contribution in [0.25, 0.3) is 4.85 Å². The molecule has 0 bridgehead atoms. The van der Waals surface area contributed by atoms with Crippen molar-refractivity contribution in [3.8, 4) is 5.75 Å². The van der Waals surface area contributed by atoms with E-state index in [0.29, 0.717) is 18.8 Å². The van der Waals surface area contributed by atoms with Crippen molar-refractivity contribution in [3.05, 3.63) is 52.0 Å². The van der Waals surface area contributed by atoms with Gasteiger partial charge in [-0.05, 0) is 57.9 Å². The molecular weight excluding hydrogens is 430 g/mol. The van der Waals surface area contributed by atoms with Gasteiger partial charge in [-0.3, -0.25) is 4.79 Å². The molecule has 0 aliphatic heterocycles. The molecule has 1 aromatic carbocycles. The summed E-state index contributed by atoms with van der Waals surface area (Å²) in [5.41, 5.74) is 8.92. The van der Waals surface area contributed by atoms with Crippen LogP contribution in [0.5, 0.6) is 5.75 Å². The summed E-state index contributed by atoms with van der Waals surface area (Å²) in [5.74, 6) is 1.25. The van der Waals surface area contributed by atoms with Gasteiger partial charge in [0.15, 0.2) is 0 Å². The van der Waals surface area contributed by atoms with Crippen LogP contribution in [0.3, 0.4) is 0 Å². The Labute approximate surface area is 203 Å². The van der Waals surface area contributed by atoms with Gasteiger partial charge < -0.3 is 25.4 Å². The van der Waals surface area contributed by atoms with Crippen molar-refractivity contribution in [1.29, 1.82) is 0 Å². The number of ether oxygens (including phenoxy) is 2. The first kappa shape index (κ1) is 26.9. The number of carbonyl (C=O) groups excluding carboxylic acids is 1. The number of anilines is 2. The lowest BCUT2D eigenvalue weighted by Crippen LogP contribution is -2.30. The Bertz CT molecular complexity index is 1020. The fourth-order valence-electron chi connectivity index (χ4n) is 3.75. The molecular formula is C26H37N5O3. The highest BCUT2D eigenvalue weighted by molar-refractivity contribution is 5.71. The summed E-state index contributed by atoms with van der Waals surface area (Å²) in [6, 6.07) is 5.60. The Morgan fingerprint density at radius 3 is 2.65 bits per heavy atom. The van der Waals surface area contributed by atoms with Gasteiger partial charge >= 0.3 is 5.97 Å². The number of rotatable bonds is 11. The van der Waals surface area contributed by atoms with E-state index in [9.17, 15) is 4.79 Å². The zero-order chi connectivity index (χ0) is 25.3. The summed E-state index contributed by atoms with van der Waals surface area (Å²) in [7, 11) is 1.63. The van der Waals surface area contributed by atoms with Gasteiger partial charge in [-0.1, -0.05) is 19.8 Å². The van der Waals surface area contributed by atoms with Gasteiger partial charge in [0, 0.05) is 29.3 Å². The molecule has 0 spiro atoms. The molecule has 0 aliphatic rings. The second-order valence-electron chi connectivity index (χ2n) is 9.41. The van der Waals surface area contributed by atoms with Gasteiger partial charge in [-0.25, -0.2) is 11.6 Å². The van der Waals surface area contributed by atoms with E-state index in [1.807, 2.05) is 45.9 Å². The summed E-state index contributed by atoms with van der Waals surface area (Å²) < 4.78 is 11.1. The summed E-state index contributed by atoms with van der Waals surface area (Å²) in [4.78, 5) is 24.9. The zero-order valence-corrected chi connectivity index (χ0v) is 21.2. The van der Waals surface area contributed by atoms with Crippen molar-refractivity contribution >= 4 is 17.7 Å². The lowest BCUT2D eigenvalue weighted by atomic mass is 10.00. The zero-order valence-electron chi connectivity index (χ0n) is 21.2. The van der Waals surface area contributed by atoms with Crippen molar-refractivity contribution < 1.29 is 14.3 Å². The number of hydrogen-bond donors (Lipinski definition) is 2. The van der Waals surface area contributed by atoms with Crippen LogP contribution in [0.1, 0.15) is 75.8 Å². The van der Waals surface area contributed by atoms with Gasteiger partial charge in [0.05, 0.1) is 13.5 Å². The third kappa shape index (κ3) is 8.22. The average Bonchev–Trinajstić information content (AvgIpc) is 2.73. The van der Waals surface area contributed by atoms with E-state index in [1.165, 1.54) is 0 Å². The van der Waals surface area contributed by atoms with E-state index in [4.69, 9.17) is 21.8 Å². The van der Waals surface area contributed by atoms with Crippen LogP contribution in [0, 0.1) is 13.5 Å². The fraction of sp³-hybridized carbons (Fsp3) is 0.538. The van der Waals surface area contributed by atoms with Gasteiger partial charge in [0.1, 0.15) is 17.2 Å².